The molecule has 0 aromatic heterocycles. The van der Waals surface area contributed by atoms with Crippen molar-refractivity contribution < 1.29 is 14.3 Å². The zero-order valence-electron chi connectivity index (χ0n) is 17.9. The molecule has 0 saturated carbocycles. The maximum atomic E-state index is 12.7. The summed E-state index contributed by atoms with van der Waals surface area (Å²) in [6, 6.07) is 14.7. The van der Waals surface area contributed by atoms with Crippen LogP contribution in [0.25, 0.3) is 0 Å². The first-order valence-corrected chi connectivity index (χ1v) is 10.4. The van der Waals surface area contributed by atoms with Gasteiger partial charge >= 0.3 is 0 Å². The molecule has 0 bridgehead atoms. The quantitative estimate of drug-likeness (QED) is 0.734. The van der Waals surface area contributed by atoms with Crippen molar-refractivity contribution in [3.63, 3.8) is 0 Å². The molecule has 156 valence electrons. The molecule has 1 N–H and O–H groups in total. The van der Waals surface area contributed by atoms with Gasteiger partial charge in [-0.25, -0.2) is 0 Å². The summed E-state index contributed by atoms with van der Waals surface area (Å²) < 4.78 is 11.1. The lowest BCUT2D eigenvalue weighted by atomic mass is 9.87. The molecular formula is C24H32N2O3. The van der Waals surface area contributed by atoms with Gasteiger partial charge in [0.1, 0.15) is 0 Å². The minimum Gasteiger partial charge on any atom is -0.493 e. The number of nitrogens with zero attached hydrogens (tertiary/aromatic N) is 1. The number of hydrogen-bond donors (Lipinski definition) is 1. The maximum Gasteiger partial charge on any atom is 0.234 e. The maximum absolute atomic E-state index is 12.7. The van der Waals surface area contributed by atoms with Crippen LogP contribution in [0.1, 0.15) is 49.4 Å². The highest BCUT2D eigenvalue weighted by atomic mass is 16.5. The fourth-order valence-electron chi connectivity index (χ4n) is 4.20. The van der Waals surface area contributed by atoms with E-state index in [0.29, 0.717) is 6.54 Å². The number of carbonyl (C=O) groups is 1. The Balaban J connectivity index is 1.93. The van der Waals surface area contributed by atoms with Gasteiger partial charge < -0.3 is 14.8 Å². The average Bonchev–Trinajstić information content (AvgIpc) is 2.73. The van der Waals surface area contributed by atoms with Crippen molar-refractivity contribution in [3.8, 4) is 11.5 Å². The number of ether oxygens (including phenoxy) is 2. The predicted octanol–water partition coefficient (Wildman–Crippen LogP) is 3.96. The van der Waals surface area contributed by atoms with Crippen LogP contribution in [0.4, 0.5) is 0 Å². The lowest BCUT2D eigenvalue weighted by molar-refractivity contribution is -0.123. The highest BCUT2D eigenvalue weighted by molar-refractivity contribution is 5.78. The molecule has 0 fully saturated rings. The lowest BCUT2D eigenvalue weighted by Gasteiger charge is -2.38. The van der Waals surface area contributed by atoms with Crippen LogP contribution in [0.5, 0.6) is 11.5 Å². The van der Waals surface area contributed by atoms with Gasteiger partial charge in [-0.2, -0.15) is 0 Å². The van der Waals surface area contributed by atoms with Gasteiger partial charge in [0.15, 0.2) is 11.5 Å². The van der Waals surface area contributed by atoms with Gasteiger partial charge in [-0.05, 0) is 48.6 Å². The van der Waals surface area contributed by atoms with E-state index in [2.05, 4.69) is 48.3 Å². The molecule has 0 aliphatic carbocycles. The number of carbonyl (C=O) groups excluding carboxylic acids is 1. The molecule has 1 amide bonds. The van der Waals surface area contributed by atoms with E-state index in [4.69, 9.17) is 9.47 Å². The molecule has 0 spiro atoms. The monoisotopic (exact) mass is 396 g/mol. The topological polar surface area (TPSA) is 50.8 Å². The van der Waals surface area contributed by atoms with E-state index in [-0.39, 0.29) is 18.0 Å². The summed E-state index contributed by atoms with van der Waals surface area (Å²) in [5, 5.41) is 3.14. The first-order chi connectivity index (χ1) is 14.1. The van der Waals surface area contributed by atoms with Gasteiger partial charge in [0.25, 0.3) is 0 Å². The van der Waals surface area contributed by atoms with Gasteiger partial charge in [-0.3, -0.25) is 9.69 Å². The van der Waals surface area contributed by atoms with Crippen molar-refractivity contribution >= 4 is 5.91 Å². The number of nitrogens with one attached hydrogen (secondary N) is 1. The number of fused-ring (bicyclic) bond motifs is 1. The number of amides is 1. The first-order valence-electron chi connectivity index (χ1n) is 10.4. The zero-order chi connectivity index (χ0) is 20.8. The van der Waals surface area contributed by atoms with Crippen LogP contribution in [0.15, 0.2) is 42.5 Å². The molecule has 5 heteroatoms. The van der Waals surface area contributed by atoms with E-state index in [1.807, 2.05) is 18.2 Å². The Morgan fingerprint density at radius 2 is 1.86 bits per heavy atom. The van der Waals surface area contributed by atoms with Crippen molar-refractivity contribution in [2.45, 2.75) is 45.2 Å². The Morgan fingerprint density at radius 1 is 1.17 bits per heavy atom. The molecule has 0 radical (unpaired) electrons. The number of hydrogen-bond acceptors (Lipinski definition) is 4. The summed E-state index contributed by atoms with van der Waals surface area (Å²) in [5.74, 6) is 1.54. The van der Waals surface area contributed by atoms with Crippen molar-refractivity contribution in [1.82, 2.24) is 10.2 Å². The summed E-state index contributed by atoms with van der Waals surface area (Å²) in [5.41, 5.74) is 3.59. The Hall–Kier alpha value is -2.53. The van der Waals surface area contributed by atoms with Crippen LogP contribution >= 0.6 is 0 Å². The standard InChI is InChI=1S/C24H32N2O3/c1-5-9-17(2)25-23(27)16-26-13-12-19-14-21(28-3)22(29-4)15-20(19)24(26)18-10-7-6-8-11-18/h6-8,10-11,14-15,17,24H,5,9,12-13,16H2,1-4H3,(H,25,27). The van der Waals surface area contributed by atoms with E-state index in [0.717, 1.165) is 37.3 Å². The highest BCUT2D eigenvalue weighted by Gasteiger charge is 2.31. The number of benzene rings is 2. The van der Waals surface area contributed by atoms with Crippen LogP contribution in [0, 0.1) is 0 Å². The lowest BCUT2D eigenvalue weighted by Crippen LogP contribution is -2.45. The molecule has 29 heavy (non-hydrogen) atoms. The molecule has 5 nitrogen and oxygen atoms in total. The largest absolute Gasteiger partial charge is 0.493 e. The van der Waals surface area contributed by atoms with Crippen LogP contribution in [-0.4, -0.2) is 44.2 Å². The fraction of sp³-hybridized carbons (Fsp3) is 0.458. The molecule has 2 aromatic carbocycles. The minimum atomic E-state index is 0.00647. The second-order valence-corrected chi connectivity index (χ2v) is 7.70. The minimum absolute atomic E-state index is 0.00647. The third-order valence-corrected chi connectivity index (χ3v) is 5.56. The Morgan fingerprint density at radius 3 is 2.52 bits per heavy atom. The number of rotatable bonds is 8. The SMILES string of the molecule is CCCC(C)NC(=O)CN1CCc2cc(OC)c(OC)cc2C1c1ccccc1. The van der Waals surface area contributed by atoms with Gasteiger partial charge in [0.05, 0.1) is 26.8 Å². The van der Waals surface area contributed by atoms with Gasteiger partial charge in [0, 0.05) is 12.6 Å². The van der Waals surface area contributed by atoms with Gasteiger partial charge in [0.2, 0.25) is 5.91 Å². The molecule has 1 heterocycles. The van der Waals surface area contributed by atoms with Crippen molar-refractivity contribution in [3.05, 3.63) is 59.2 Å². The Kier molecular flexibility index (Phi) is 7.15. The van der Waals surface area contributed by atoms with E-state index < -0.39 is 0 Å². The Labute approximate surface area is 174 Å². The van der Waals surface area contributed by atoms with E-state index in [1.54, 1.807) is 14.2 Å². The second-order valence-electron chi connectivity index (χ2n) is 7.70. The predicted molar refractivity (Wildman–Crippen MR) is 116 cm³/mol. The molecule has 2 aromatic rings. The molecule has 2 atom stereocenters. The normalized spacial score (nSPS) is 17.3. The summed E-state index contributed by atoms with van der Waals surface area (Å²) in [7, 11) is 3.32. The van der Waals surface area contributed by atoms with Gasteiger partial charge in [-0.15, -0.1) is 0 Å². The summed E-state index contributed by atoms with van der Waals surface area (Å²) in [6.45, 7) is 5.40. The molecule has 2 unspecified atom stereocenters. The summed E-state index contributed by atoms with van der Waals surface area (Å²) in [6.07, 6.45) is 2.93. The Bertz CT molecular complexity index is 822. The molecule has 3 rings (SSSR count). The smallest absolute Gasteiger partial charge is 0.234 e. The van der Waals surface area contributed by atoms with Crippen LogP contribution in [-0.2, 0) is 11.2 Å². The highest BCUT2D eigenvalue weighted by Crippen LogP contribution is 2.40. The molecule has 0 saturated heterocycles. The second kappa shape index (κ2) is 9.79. The van der Waals surface area contributed by atoms with Crippen molar-refractivity contribution in [2.24, 2.45) is 0 Å². The van der Waals surface area contributed by atoms with E-state index in [9.17, 15) is 4.79 Å². The molecule has 1 aliphatic heterocycles. The van der Waals surface area contributed by atoms with Crippen molar-refractivity contribution in [2.75, 3.05) is 27.3 Å². The fourth-order valence-corrected chi connectivity index (χ4v) is 4.20. The van der Waals surface area contributed by atoms with Crippen molar-refractivity contribution in [1.29, 1.82) is 0 Å². The zero-order valence-corrected chi connectivity index (χ0v) is 17.9. The summed E-state index contributed by atoms with van der Waals surface area (Å²) >= 11 is 0. The van der Waals surface area contributed by atoms with Gasteiger partial charge in [-0.1, -0.05) is 43.7 Å². The van der Waals surface area contributed by atoms with Crippen LogP contribution in [0.2, 0.25) is 0 Å². The van der Waals surface area contributed by atoms with Crippen LogP contribution in [0.3, 0.4) is 0 Å². The van der Waals surface area contributed by atoms with Crippen LogP contribution < -0.4 is 14.8 Å². The number of methoxy groups -OCH3 is 2. The summed E-state index contributed by atoms with van der Waals surface area (Å²) in [4.78, 5) is 15.0. The molecule has 1 aliphatic rings. The third-order valence-electron chi connectivity index (χ3n) is 5.56. The third kappa shape index (κ3) is 4.91. The van der Waals surface area contributed by atoms with E-state index in [1.165, 1.54) is 16.7 Å². The first kappa shape index (κ1) is 21.2. The average molecular weight is 397 g/mol. The molecular weight excluding hydrogens is 364 g/mol. The van der Waals surface area contributed by atoms with E-state index >= 15 is 0 Å².